The highest BCUT2D eigenvalue weighted by molar-refractivity contribution is 5.89. The molecule has 0 bridgehead atoms. The van der Waals surface area contributed by atoms with Crippen LogP contribution in [0.3, 0.4) is 0 Å². The van der Waals surface area contributed by atoms with E-state index in [9.17, 15) is 19.7 Å². The normalized spacial score (nSPS) is 28.2. The average Bonchev–Trinajstić information content (AvgIpc) is 3.84. The molecule has 0 aromatic heterocycles. The molecular formula is C28H41N5O4. The Labute approximate surface area is 219 Å². The lowest BCUT2D eigenvalue weighted by molar-refractivity contribution is -0.384. The number of likely N-dealkylation sites (tertiary alicyclic amines) is 1. The van der Waals surface area contributed by atoms with Gasteiger partial charge in [-0.25, -0.2) is 0 Å². The van der Waals surface area contributed by atoms with E-state index in [4.69, 9.17) is 5.73 Å². The largest absolute Gasteiger partial charge is 0.354 e. The molecule has 9 heteroatoms. The fraction of sp³-hybridized carbons (Fsp3) is 0.714. The van der Waals surface area contributed by atoms with Gasteiger partial charge in [0.15, 0.2) is 0 Å². The molecule has 1 aliphatic heterocycles. The van der Waals surface area contributed by atoms with Crippen LogP contribution in [-0.4, -0.2) is 64.3 Å². The number of nitro benzene ring substituents is 1. The van der Waals surface area contributed by atoms with Crippen molar-refractivity contribution >= 4 is 17.5 Å². The summed E-state index contributed by atoms with van der Waals surface area (Å²) in [7, 11) is 0. The third-order valence-electron chi connectivity index (χ3n) is 8.95. The van der Waals surface area contributed by atoms with Gasteiger partial charge in [-0.3, -0.25) is 24.6 Å². The molecule has 37 heavy (non-hydrogen) atoms. The molecule has 3 aliphatic carbocycles. The second-order valence-electron chi connectivity index (χ2n) is 11.7. The first-order valence-corrected chi connectivity index (χ1v) is 14.2. The lowest BCUT2D eigenvalue weighted by Crippen LogP contribution is -2.58. The summed E-state index contributed by atoms with van der Waals surface area (Å²) in [4.78, 5) is 41.7. The van der Waals surface area contributed by atoms with Crippen molar-refractivity contribution in [1.82, 2.24) is 15.1 Å². The Kier molecular flexibility index (Phi) is 8.09. The highest BCUT2D eigenvalue weighted by Crippen LogP contribution is 2.37. The number of rotatable bonds is 10. The van der Waals surface area contributed by atoms with Crippen molar-refractivity contribution in [2.45, 2.75) is 88.9 Å². The standard InChI is InChI=1S/C28H41N5O4/c29-16-19-1-3-20(4-2-19)17-30-27(34)26-15-25(13-14-31(26)28(35)22-7-8-22)32(23-11-12-23)18-21-5-9-24(10-6-21)33(36)37/h5-6,9-10,19-20,22-23,25-26H,1-4,7-8,11-18,29H2,(H,30,34)/t19?,20?,25?,26-/m1/s1. The van der Waals surface area contributed by atoms with Gasteiger partial charge in [-0.05, 0) is 88.2 Å². The van der Waals surface area contributed by atoms with Crippen LogP contribution in [0.5, 0.6) is 0 Å². The van der Waals surface area contributed by atoms with Crippen molar-refractivity contribution in [2.24, 2.45) is 23.5 Å². The van der Waals surface area contributed by atoms with E-state index in [2.05, 4.69) is 10.2 Å². The van der Waals surface area contributed by atoms with Crippen molar-refractivity contribution in [2.75, 3.05) is 19.6 Å². The van der Waals surface area contributed by atoms with Gasteiger partial charge in [0.05, 0.1) is 4.92 Å². The molecule has 1 aromatic rings. The zero-order valence-corrected chi connectivity index (χ0v) is 21.7. The van der Waals surface area contributed by atoms with E-state index < -0.39 is 6.04 Å². The van der Waals surface area contributed by atoms with Gasteiger partial charge >= 0.3 is 0 Å². The van der Waals surface area contributed by atoms with E-state index in [-0.39, 0.29) is 34.4 Å². The topological polar surface area (TPSA) is 122 Å². The number of nitrogens with two attached hydrogens (primary N) is 1. The molecule has 1 heterocycles. The number of amides is 2. The van der Waals surface area contributed by atoms with Crippen LogP contribution in [0, 0.1) is 27.9 Å². The van der Waals surface area contributed by atoms with Crippen LogP contribution in [0.15, 0.2) is 24.3 Å². The molecule has 4 fully saturated rings. The first-order chi connectivity index (χ1) is 17.9. The molecule has 1 aromatic carbocycles. The van der Waals surface area contributed by atoms with Crippen LogP contribution in [0.4, 0.5) is 5.69 Å². The fourth-order valence-electron chi connectivity index (χ4n) is 6.26. The molecular weight excluding hydrogens is 470 g/mol. The lowest BCUT2D eigenvalue weighted by atomic mass is 9.82. The van der Waals surface area contributed by atoms with Crippen molar-refractivity contribution < 1.29 is 14.5 Å². The predicted molar refractivity (Wildman–Crippen MR) is 140 cm³/mol. The summed E-state index contributed by atoms with van der Waals surface area (Å²) < 4.78 is 0. The molecule has 3 saturated carbocycles. The highest BCUT2D eigenvalue weighted by Gasteiger charge is 2.44. The van der Waals surface area contributed by atoms with E-state index in [1.54, 1.807) is 12.1 Å². The first kappa shape index (κ1) is 26.1. The van der Waals surface area contributed by atoms with Crippen LogP contribution in [0.25, 0.3) is 0 Å². The molecule has 202 valence electrons. The third kappa shape index (κ3) is 6.49. The van der Waals surface area contributed by atoms with E-state index >= 15 is 0 Å². The smallest absolute Gasteiger partial charge is 0.269 e. The minimum atomic E-state index is -0.426. The Morgan fingerprint density at radius 2 is 1.65 bits per heavy atom. The number of carbonyl (C=O) groups excluding carboxylic acids is 2. The number of nitrogens with one attached hydrogen (secondary N) is 1. The maximum atomic E-state index is 13.5. The van der Waals surface area contributed by atoms with Gasteiger partial charge in [-0.1, -0.05) is 12.1 Å². The van der Waals surface area contributed by atoms with E-state index in [0.717, 1.165) is 69.9 Å². The zero-order chi connectivity index (χ0) is 25.9. The molecule has 2 amide bonds. The van der Waals surface area contributed by atoms with Crippen LogP contribution in [0.2, 0.25) is 0 Å². The quantitative estimate of drug-likeness (QED) is 0.367. The van der Waals surface area contributed by atoms with Gasteiger partial charge in [0, 0.05) is 49.8 Å². The minimum Gasteiger partial charge on any atom is -0.354 e. The molecule has 2 atom stereocenters. The average molecular weight is 512 g/mol. The minimum absolute atomic E-state index is 0.00858. The number of benzene rings is 1. The molecule has 9 nitrogen and oxygen atoms in total. The van der Waals surface area contributed by atoms with E-state index in [1.165, 1.54) is 0 Å². The molecule has 0 radical (unpaired) electrons. The first-order valence-electron chi connectivity index (χ1n) is 14.2. The summed E-state index contributed by atoms with van der Waals surface area (Å²) in [5, 5.41) is 14.3. The highest BCUT2D eigenvalue weighted by atomic mass is 16.6. The van der Waals surface area contributed by atoms with Crippen molar-refractivity contribution in [3.8, 4) is 0 Å². The number of piperidine rings is 1. The number of hydrogen-bond donors (Lipinski definition) is 2. The van der Waals surface area contributed by atoms with Gasteiger partial charge in [0.25, 0.3) is 5.69 Å². The predicted octanol–water partition coefficient (Wildman–Crippen LogP) is 3.21. The molecule has 5 rings (SSSR count). The summed E-state index contributed by atoms with van der Waals surface area (Å²) in [6, 6.07) is 7.06. The van der Waals surface area contributed by atoms with Gasteiger partial charge in [0.1, 0.15) is 6.04 Å². The number of nitrogens with zero attached hydrogens (tertiary/aromatic N) is 3. The van der Waals surface area contributed by atoms with Crippen molar-refractivity contribution in [3.63, 3.8) is 0 Å². The Balaban J connectivity index is 1.24. The van der Waals surface area contributed by atoms with Crippen molar-refractivity contribution in [3.05, 3.63) is 39.9 Å². The third-order valence-corrected chi connectivity index (χ3v) is 8.95. The van der Waals surface area contributed by atoms with Crippen LogP contribution >= 0.6 is 0 Å². The fourth-order valence-corrected chi connectivity index (χ4v) is 6.26. The Morgan fingerprint density at radius 3 is 2.24 bits per heavy atom. The molecule has 4 aliphatic rings. The Bertz CT molecular complexity index is 969. The molecule has 3 N–H and O–H groups in total. The summed E-state index contributed by atoms with van der Waals surface area (Å²) in [5.74, 6) is 1.34. The van der Waals surface area contributed by atoms with Gasteiger partial charge in [0.2, 0.25) is 11.8 Å². The number of hydrogen-bond acceptors (Lipinski definition) is 6. The summed E-state index contributed by atoms with van der Waals surface area (Å²) in [6.07, 6.45) is 10.1. The molecule has 1 unspecified atom stereocenters. The van der Waals surface area contributed by atoms with Crippen LogP contribution in [-0.2, 0) is 16.1 Å². The summed E-state index contributed by atoms with van der Waals surface area (Å²) in [6.45, 7) is 2.75. The number of non-ortho nitro benzene ring substituents is 1. The SMILES string of the molecule is NCC1CCC(CNC(=O)[C@H]2CC(N(Cc3ccc([N+](=O)[O-])cc3)C3CC3)CCN2C(=O)C2CC2)CC1. The maximum Gasteiger partial charge on any atom is 0.269 e. The van der Waals surface area contributed by atoms with E-state index in [0.29, 0.717) is 43.9 Å². The maximum absolute atomic E-state index is 13.5. The molecule has 0 spiro atoms. The van der Waals surface area contributed by atoms with Gasteiger partial charge < -0.3 is 16.0 Å². The van der Waals surface area contributed by atoms with Crippen molar-refractivity contribution in [1.29, 1.82) is 0 Å². The lowest BCUT2D eigenvalue weighted by Gasteiger charge is -2.43. The number of carbonyl (C=O) groups is 2. The van der Waals surface area contributed by atoms with Gasteiger partial charge in [-0.2, -0.15) is 0 Å². The van der Waals surface area contributed by atoms with Crippen LogP contribution < -0.4 is 11.1 Å². The van der Waals surface area contributed by atoms with Crippen LogP contribution in [0.1, 0.15) is 69.8 Å². The van der Waals surface area contributed by atoms with E-state index in [1.807, 2.05) is 17.0 Å². The number of nitro groups is 1. The summed E-state index contributed by atoms with van der Waals surface area (Å²) >= 11 is 0. The Morgan fingerprint density at radius 1 is 0.973 bits per heavy atom. The second kappa shape index (κ2) is 11.5. The second-order valence-corrected chi connectivity index (χ2v) is 11.7. The summed E-state index contributed by atoms with van der Waals surface area (Å²) in [5.41, 5.74) is 6.98. The monoisotopic (exact) mass is 511 g/mol. The zero-order valence-electron chi connectivity index (χ0n) is 21.7. The van der Waals surface area contributed by atoms with Gasteiger partial charge in [-0.15, -0.1) is 0 Å². The molecule has 1 saturated heterocycles. The Hall–Kier alpha value is -2.52.